The Hall–Kier alpha value is -1.26. The Bertz CT molecular complexity index is 399. The van der Waals surface area contributed by atoms with Crippen molar-refractivity contribution in [2.45, 2.75) is 65.0 Å². The fourth-order valence-corrected chi connectivity index (χ4v) is 2.91. The molecule has 5 nitrogen and oxygen atoms in total. The highest BCUT2D eigenvalue weighted by atomic mass is 16.2. The topological polar surface area (TPSA) is 61.4 Å². The van der Waals surface area contributed by atoms with Crippen molar-refractivity contribution in [2.75, 3.05) is 13.1 Å². The van der Waals surface area contributed by atoms with Gasteiger partial charge in [-0.15, -0.1) is 0 Å². The van der Waals surface area contributed by atoms with Crippen LogP contribution in [0.3, 0.4) is 0 Å². The SMILES string of the molecule is C[C@@H](NC(=O)NC(C)(C)C)[C@H]1CCCN(C(=O)C2CC2)C1. The maximum atomic E-state index is 12.2. The summed E-state index contributed by atoms with van der Waals surface area (Å²) < 4.78 is 0. The average molecular weight is 295 g/mol. The smallest absolute Gasteiger partial charge is 0.315 e. The van der Waals surface area contributed by atoms with Gasteiger partial charge in [0.05, 0.1) is 0 Å². The quantitative estimate of drug-likeness (QED) is 0.838. The Balaban J connectivity index is 1.82. The lowest BCUT2D eigenvalue weighted by molar-refractivity contribution is -0.134. The molecule has 1 saturated heterocycles. The van der Waals surface area contributed by atoms with Gasteiger partial charge < -0.3 is 15.5 Å². The maximum absolute atomic E-state index is 12.2. The molecule has 2 fully saturated rings. The van der Waals surface area contributed by atoms with Crippen LogP contribution in [-0.2, 0) is 4.79 Å². The van der Waals surface area contributed by atoms with Gasteiger partial charge in [-0.25, -0.2) is 4.79 Å². The number of amides is 3. The molecule has 1 saturated carbocycles. The van der Waals surface area contributed by atoms with E-state index in [4.69, 9.17) is 0 Å². The van der Waals surface area contributed by atoms with Gasteiger partial charge in [0.1, 0.15) is 0 Å². The van der Waals surface area contributed by atoms with E-state index in [1.54, 1.807) is 0 Å². The average Bonchev–Trinajstić information content (AvgIpc) is 3.19. The number of carbonyl (C=O) groups excluding carboxylic acids is 2. The van der Waals surface area contributed by atoms with E-state index in [1.807, 2.05) is 32.6 Å². The summed E-state index contributed by atoms with van der Waals surface area (Å²) in [5, 5.41) is 5.94. The number of piperidine rings is 1. The molecule has 1 aliphatic heterocycles. The molecule has 0 unspecified atom stereocenters. The lowest BCUT2D eigenvalue weighted by Gasteiger charge is -2.36. The first-order valence-electron chi connectivity index (χ1n) is 8.14. The van der Waals surface area contributed by atoms with Crippen molar-refractivity contribution in [1.29, 1.82) is 0 Å². The second kappa shape index (κ2) is 6.24. The summed E-state index contributed by atoms with van der Waals surface area (Å²) in [7, 11) is 0. The number of nitrogens with one attached hydrogen (secondary N) is 2. The van der Waals surface area contributed by atoms with E-state index in [2.05, 4.69) is 10.6 Å². The van der Waals surface area contributed by atoms with Gasteiger partial charge in [-0.3, -0.25) is 4.79 Å². The van der Waals surface area contributed by atoms with Crippen molar-refractivity contribution in [3.05, 3.63) is 0 Å². The molecular weight excluding hydrogens is 266 g/mol. The van der Waals surface area contributed by atoms with Crippen LogP contribution in [0.2, 0.25) is 0 Å². The summed E-state index contributed by atoms with van der Waals surface area (Å²) in [6, 6.07) is -0.0391. The predicted octanol–water partition coefficient (Wildman–Crippen LogP) is 2.12. The summed E-state index contributed by atoms with van der Waals surface area (Å²) in [5.74, 6) is 0.967. The van der Waals surface area contributed by atoms with Crippen LogP contribution in [0.25, 0.3) is 0 Å². The van der Waals surface area contributed by atoms with E-state index in [-0.39, 0.29) is 23.5 Å². The van der Waals surface area contributed by atoms with E-state index >= 15 is 0 Å². The molecule has 0 aromatic heterocycles. The van der Waals surface area contributed by atoms with Crippen LogP contribution in [0.15, 0.2) is 0 Å². The number of carbonyl (C=O) groups is 2. The zero-order chi connectivity index (χ0) is 15.6. The van der Waals surface area contributed by atoms with Crippen LogP contribution in [0.1, 0.15) is 53.4 Å². The Morgan fingerprint density at radius 1 is 1.19 bits per heavy atom. The molecule has 0 spiro atoms. The first-order valence-corrected chi connectivity index (χ1v) is 8.14. The fourth-order valence-electron chi connectivity index (χ4n) is 2.91. The van der Waals surface area contributed by atoms with Gasteiger partial charge in [-0.1, -0.05) is 0 Å². The minimum atomic E-state index is -0.232. The number of likely N-dealkylation sites (tertiary alicyclic amines) is 1. The highest BCUT2D eigenvalue weighted by molar-refractivity contribution is 5.81. The van der Waals surface area contributed by atoms with Crippen molar-refractivity contribution in [2.24, 2.45) is 11.8 Å². The highest BCUT2D eigenvalue weighted by Crippen LogP contribution is 2.32. The number of hydrogen-bond donors (Lipinski definition) is 2. The first kappa shape index (κ1) is 16.1. The summed E-state index contributed by atoms with van der Waals surface area (Å²) in [5.41, 5.74) is -0.232. The normalized spacial score (nSPS) is 24.4. The second-order valence-corrected chi connectivity index (χ2v) is 7.60. The Labute approximate surface area is 127 Å². The van der Waals surface area contributed by atoms with E-state index < -0.39 is 0 Å². The van der Waals surface area contributed by atoms with E-state index in [1.165, 1.54) is 0 Å². The molecule has 2 N–H and O–H groups in total. The number of rotatable bonds is 3. The molecule has 0 aromatic rings. The van der Waals surface area contributed by atoms with Gasteiger partial charge in [0.25, 0.3) is 0 Å². The molecule has 1 heterocycles. The van der Waals surface area contributed by atoms with Crippen LogP contribution in [-0.4, -0.2) is 41.5 Å². The number of hydrogen-bond acceptors (Lipinski definition) is 2. The third-order valence-corrected chi connectivity index (χ3v) is 4.25. The highest BCUT2D eigenvalue weighted by Gasteiger charge is 2.36. The number of urea groups is 1. The molecule has 2 atom stereocenters. The monoisotopic (exact) mass is 295 g/mol. The zero-order valence-corrected chi connectivity index (χ0v) is 13.7. The summed E-state index contributed by atoms with van der Waals surface area (Å²) in [4.78, 5) is 26.1. The van der Waals surface area contributed by atoms with E-state index in [9.17, 15) is 9.59 Å². The van der Waals surface area contributed by atoms with Crippen LogP contribution in [0.5, 0.6) is 0 Å². The van der Waals surface area contributed by atoms with E-state index in [0.29, 0.717) is 11.8 Å². The minimum Gasteiger partial charge on any atom is -0.342 e. The molecule has 0 radical (unpaired) electrons. The van der Waals surface area contributed by atoms with Gasteiger partial charge in [0.2, 0.25) is 5.91 Å². The molecule has 5 heteroatoms. The summed E-state index contributed by atoms with van der Waals surface area (Å²) in [6.45, 7) is 9.60. The molecule has 0 bridgehead atoms. The fraction of sp³-hybridized carbons (Fsp3) is 0.875. The third kappa shape index (κ3) is 4.90. The first-order chi connectivity index (χ1) is 9.76. The molecule has 3 amide bonds. The Morgan fingerprint density at radius 2 is 1.86 bits per heavy atom. The van der Waals surface area contributed by atoms with Gasteiger partial charge in [0.15, 0.2) is 0 Å². The van der Waals surface area contributed by atoms with Crippen molar-refractivity contribution in [3.63, 3.8) is 0 Å². The molecule has 2 aliphatic rings. The molecule has 1 aliphatic carbocycles. The lowest BCUT2D eigenvalue weighted by Crippen LogP contribution is -2.53. The van der Waals surface area contributed by atoms with Crippen LogP contribution in [0.4, 0.5) is 4.79 Å². The molecule has 21 heavy (non-hydrogen) atoms. The number of nitrogens with zero attached hydrogens (tertiary/aromatic N) is 1. The van der Waals surface area contributed by atoms with Crippen molar-refractivity contribution in [1.82, 2.24) is 15.5 Å². The van der Waals surface area contributed by atoms with E-state index in [0.717, 1.165) is 38.8 Å². The summed E-state index contributed by atoms with van der Waals surface area (Å²) >= 11 is 0. The maximum Gasteiger partial charge on any atom is 0.315 e. The Morgan fingerprint density at radius 3 is 2.43 bits per heavy atom. The molecular formula is C16H29N3O2. The molecule has 2 rings (SSSR count). The van der Waals surface area contributed by atoms with Gasteiger partial charge in [-0.05, 0) is 59.3 Å². The van der Waals surface area contributed by atoms with Crippen LogP contribution in [0, 0.1) is 11.8 Å². The largest absolute Gasteiger partial charge is 0.342 e. The molecule has 120 valence electrons. The lowest BCUT2D eigenvalue weighted by atomic mass is 9.91. The van der Waals surface area contributed by atoms with Crippen LogP contribution >= 0.6 is 0 Å². The Kier molecular flexibility index (Phi) is 4.79. The van der Waals surface area contributed by atoms with Crippen LogP contribution < -0.4 is 10.6 Å². The van der Waals surface area contributed by atoms with Gasteiger partial charge in [-0.2, -0.15) is 0 Å². The molecule has 0 aromatic carbocycles. The summed E-state index contributed by atoms with van der Waals surface area (Å²) in [6.07, 6.45) is 4.23. The van der Waals surface area contributed by atoms with Gasteiger partial charge >= 0.3 is 6.03 Å². The second-order valence-electron chi connectivity index (χ2n) is 7.60. The zero-order valence-electron chi connectivity index (χ0n) is 13.7. The van der Waals surface area contributed by atoms with Crippen molar-refractivity contribution < 1.29 is 9.59 Å². The van der Waals surface area contributed by atoms with Crippen molar-refractivity contribution >= 4 is 11.9 Å². The van der Waals surface area contributed by atoms with Gasteiger partial charge in [0, 0.05) is 30.6 Å². The third-order valence-electron chi connectivity index (χ3n) is 4.25. The standard InChI is InChI=1S/C16H29N3O2/c1-11(17-15(21)18-16(2,3)4)13-6-5-9-19(10-13)14(20)12-7-8-12/h11-13H,5-10H2,1-4H3,(H2,17,18,21)/t11-,13+/m1/s1. The predicted molar refractivity (Wildman–Crippen MR) is 82.9 cm³/mol. The minimum absolute atomic E-state index is 0.0853. The van der Waals surface area contributed by atoms with Crippen molar-refractivity contribution in [3.8, 4) is 0 Å².